The largest absolute Gasteiger partial charge is 0.412 e. The molecule has 4 N–H and O–H groups in total. The summed E-state index contributed by atoms with van der Waals surface area (Å²) in [5.41, 5.74) is 0. The van der Waals surface area contributed by atoms with E-state index in [4.69, 9.17) is 0 Å². The molecule has 0 aromatic carbocycles. The molecule has 0 rings (SSSR count). The maximum Gasteiger partial charge on any atom is 0 e. The number of hydrogen-bond donors (Lipinski definition) is 0. The Hall–Kier alpha value is 1.71. The van der Waals surface area contributed by atoms with Crippen molar-refractivity contribution in [1.29, 1.82) is 0 Å². The van der Waals surface area contributed by atoms with Gasteiger partial charge in [0, 0.05) is 55.1 Å². The Kier molecular flexibility index (Phi) is 240. The normalized spacial score (nSPS) is 0. The van der Waals surface area contributed by atoms with E-state index in [0.29, 0.717) is 0 Å². The van der Waals surface area contributed by atoms with Crippen LogP contribution in [0.1, 0.15) is 0 Å². The zero-order valence-electron chi connectivity index (χ0n) is 2.28. The van der Waals surface area contributed by atoms with Gasteiger partial charge in [0.25, 0.3) is 0 Å². The molecule has 0 heterocycles. The first-order valence-corrected chi connectivity index (χ1v) is 0. The molecule has 0 saturated carbocycles. The van der Waals surface area contributed by atoms with Crippen LogP contribution >= 0.6 is 0 Å². The van der Waals surface area contributed by atoms with Gasteiger partial charge in [-0.15, -0.1) is 0 Å². The van der Waals surface area contributed by atoms with Crippen LogP contribution in [0.5, 0.6) is 0 Å². The van der Waals surface area contributed by atoms with Crippen molar-refractivity contribution in [3.8, 4) is 0 Å². The summed E-state index contributed by atoms with van der Waals surface area (Å²) in [5, 5.41) is 0. The minimum Gasteiger partial charge on any atom is -0.412 e. The number of rotatable bonds is 0. The Labute approximate surface area is 65.3 Å². The Bertz CT molecular complexity index is 6.00. The van der Waals surface area contributed by atoms with Crippen LogP contribution in [-0.2, 0) is 0 Å². The quantitative estimate of drug-likeness (QED) is 0.306. The summed E-state index contributed by atoms with van der Waals surface area (Å²) in [6.45, 7) is 0. The van der Waals surface area contributed by atoms with Crippen molar-refractivity contribution in [2.24, 2.45) is 0 Å². The van der Waals surface area contributed by atoms with E-state index in [2.05, 4.69) is 0 Å². The van der Waals surface area contributed by atoms with Gasteiger partial charge in [0.2, 0.25) is 0 Å². The molecule has 0 bridgehead atoms. The predicted octanol–water partition coefficient (Wildman–Crippen LogP) is -2.41. The summed E-state index contributed by atoms with van der Waals surface area (Å²) < 4.78 is 0. The first-order valence-electron chi connectivity index (χ1n) is 0. The second kappa shape index (κ2) is 22.2. The van der Waals surface area contributed by atoms with Crippen LogP contribution in [-0.4, -0.2) is 66.1 Å². The molecule has 0 spiro atoms. The molecule has 0 atom stereocenters. The predicted molar refractivity (Wildman–Crippen MR) is 18.7 cm³/mol. The zero-order valence-corrected chi connectivity index (χ0v) is 5.65. The van der Waals surface area contributed by atoms with Crippen molar-refractivity contribution in [1.82, 2.24) is 0 Å². The molecule has 0 aliphatic rings. The van der Waals surface area contributed by atoms with Crippen LogP contribution in [0, 0.1) is 0 Å². The molecular formula is H4AlCaO2. The molecule has 2 nitrogen and oxygen atoms in total. The first kappa shape index (κ1) is 43.3. The van der Waals surface area contributed by atoms with E-state index in [1.165, 1.54) is 0 Å². The van der Waals surface area contributed by atoms with Crippen LogP contribution < -0.4 is 0 Å². The minimum absolute atomic E-state index is 0. The maximum atomic E-state index is 0. The van der Waals surface area contributed by atoms with Gasteiger partial charge in [0.15, 0.2) is 0 Å². The van der Waals surface area contributed by atoms with E-state index in [1.807, 2.05) is 0 Å². The molecule has 0 fully saturated rings. The van der Waals surface area contributed by atoms with Crippen molar-refractivity contribution >= 4 is 55.1 Å². The van der Waals surface area contributed by atoms with Gasteiger partial charge in [-0.3, -0.25) is 0 Å². The average Bonchev–Trinajstić information content (AvgIpc) is 0. The van der Waals surface area contributed by atoms with Gasteiger partial charge in [-0.25, -0.2) is 0 Å². The van der Waals surface area contributed by atoms with Crippen LogP contribution in [0.15, 0.2) is 0 Å². The van der Waals surface area contributed by atoms with Gasteiger partial charge in [-0.1, -0.05) is 0 Å². The molecule has 5 radical (unpaired) electrons. The summed E-state index contributed by atoms with van der Waals surface area (Å²) in [7, 11) is 0. The molecule has 0 amide bonds. The number of hydrogen-bond acceptors (Lipinski definition) is 0. The zero-order chi connectivity index (χ0) is 0. The van der Waals surface area contributed by atoms with E-state index in [9.17, 15) is 0 Å². The van der Waals surface area contributed by atoms with Crippen LogP contribution in [0.25, 0.3) is 0 Å². The molecule has 21 valence electrons. The fourth-order valence-electron chi connectivity index (χ4n) is 0. The second-order valence-electron chi connectivity index (χ2n) is 0. The third-order valence-electron chi connectivity index (χ3n) is 0. The standard InChI is InChI=1S/Al.Ca.2H2O/h;;2*1H2. The van der Waals surface area contributed by atoms with Gasteiger partial charge in [-0.05, 0) is 0 Å². The third-order valence-corrected chi connectivity index (χ3v) is 0. The summed E-state index contributed by atoms with van der Waals surface area (Å²) in [6.07, 6.45) is 0. The van der Waals surface area contributed by atoms with E-state index < -0.39 is 0 Å². The molecule has 0 aliphatic heterocycles. The average molecular weight is 103 g/mol. The van der Waals surface area contributed by atoms with Gasteiger partial charge in [0.1, 0.15) is 0 Å². The first-order chi connectivity index (χ1) is 0. The maximum absolute atomic E-state index is 0. The fraction of sp³-hybridized carbons (Fsp3) is 0. The minimum atomic E-state index is 0. The monoisotopic (exact) mass is 103 g/mol. The van der Waals surface area contributed by atoms with E-state index in [-0.39, 0.29) is 66.1 Å². The molecule has 0 saturated heterocycles. The smallest absolute Gasteiger partial charge is 0 e. The Morgan fingerprint density at radius 3 is 0.750 bits per heavy atom. The second-order valence-corrected chi connectivity index (χ2v) is 0. The topological polar surface area (TPSA) is 63.0 Å². The summed E-state index contributed by atoms with van der Waals surface area (Å²) >= 11 is 0. The van der Waals surface area contributed by atoms with Crippen LogP contribution in [0.2, 0.25) is 0 Å². The van der Waals surface area contributed by atoms with Crippen molar-refractivity contribution in [2.75, 3.05) is 0 Å². The molecular weight excluding hydrogens is 99.1 g/mol. The molecule has 0 aromatic heterocycles. The molecule has 4 heavy (non-hydrogen) atoms. The summed E-state index contributed by atoms with van der Waals surface area (Å²) in [5.74, 6) is 0. The van der Waals surface area contributed by atoms with Crippen LogP contribution in [0.4, 0.5) is 0 Å². The molecule has 0 aromatic rings. The van der Waals surface area contributed by atoms with Crippen molar-refractivity contribution in [3.63, 3.8) is 0 Å². The van der Waals surface area contributed by atoms with Gasteiger partial charge < -0.3 is 11.0 Å². The third kappa shape index (κ3) is 9.31. The van der Waals surface area contributed by atoms with Gasteiger partial charge in [0.05, 0.1) is 0 Å². The fourth-order valence-corrected chi connectivity index (χ4v) is 0. The Balaban J connectivity index is 0. The molecule has 0 unspecified atom stereocenters. The van der Waals surface area contributed by atoms with Crippen molar-refractivity contribution < 1.29 is 11.0 Å². The molecule has 4 heteroatoms. The van der Waals surface area contributed by atoms with Gasteiger partial charge in [-0.2, -0.15) is 0 Å². The molecule has 0 aliphatic carbocycles. The van der Waals surface area contributed by atoms with E-state index in [1.54, 1.807) is 0 Å². The Morgan fingerprint density at radius 1 is 0.750 bits per heavy atom. The van der Waals surface area contributed by atoms with E-state index in [0.717, 1.165) is 0 Å². The van der Waals surface area contributed by atoms with Gasteiger partial charge >= 0.3 is 0 Å². The van der Waals surface area contributed by atoms with Crippen molar-refractivity contribution in [2.45, 2.75) is 0 Å². The van der Waals surface area contributed by atoms with Crippen LogP contribution in [0.3, 0.4) is 0 Å². The summed E-state index contributed by atoms with van der Waals surface area (Å²) in [4.78, 5) is 0. The van der Waals surface area contributed by atoms with Crippen molar-refractivity contribution in [3.05, 3.63) is 0 Å². The van der Waals surface area contributed by atoms with E-state index >= 15 is 0 Å². The summed E-state index contributed by atoms with van der Waals surface area (Å²) in [6, 6.07) is 0. The Morgan fingerprint density at radius 2 is 0.750 bits per heavy atom. The SMILES string of the molecule is O.O.[Al].[Ca].